The summed E-state index contributed by atoms with van der Waals surface area (Å²) >= 11 is 0. The van der Waals surface area contributed by atoms with Gasteiger partial charge in [-0.1, -0.05) is 24.3 Å². The Morgan fingerprint density at radius 2 is 1.71 bits per heavy atom. The number of rotatable bonds is 8. The van der Waals surface area contributed by atoms with E-state index in [-0.39, 0.29) is 29.4 Å². The van der Waals surface area contributed by atoms with Crippen LogP contribution in [0.3, 0.4) is 0 Å². The van der Waals surface area contributed by atoms with Crippen LogP contribution in [0.5, 0.6) is 0 Å². The molecule has 0 fully saturated rings. The summed E-state index contributed by atoms with van der Waals surface area (Å²) < 4.78 is 25.9. The SMILES string of the molecule is Cc1cc(N(CCCO)CCCO)ccc1/C=C1\CS(=O)(=O)c2ccccc2C1=C(C#N)C#N. The fraction of sp³-hybridized carbons (Fsp3) is 0.308. The fourth-order valence-electron chi connectivity index (χ4n) is 4.12. The van der Waals surface area contributed by atoms with Crippen molar-refractivity contribution in [3.63, 3.8) is 0 Å². The first-order valence-corrected chi connectivity index (χ1v) is 12.7. The van der Waals surface area contributed by atoms with Gasteiger partial charge in [-0.2, -0.15) is 10.5 Å². The van der Waals surface area contributed by atoms with E-state index in [0.29, 0.717) is 42.6 Å². The highest BCUT2D eigenvalue weighted by Crippen LogP contribution is 2.39. The van der Waals surface area contributed by atoms with Crippen molar-refractivity contribution in [2.24, 2.45) is 0 Å². The van der Waals surface area contributed by atoms with Gasteiger partial charge >= 0.3 is 0 Å². The van der Waals surface area contributed by atoms with Gasteiger partial charge < -0.3 is 15.1 Å². The molecule has 0 atom stereocenters. The van der Waals surface area contributed by atoms with E-state index in [9.17, 15) is 29.2 Å². The van der Waals surface area contributed by atoms with Crippen LogP contribution in [0.15, 0.2) is 58.5 Å². The van der Waals surface area contributed by atoms with Gasteiger partial charge in [-0.3, -0.25) is 0 Å². The maximum absolute atomic E-state index is 13.0. The summed E-state index contributed by atoms with van der Waals surface area (Å²) in [6, 6.07) is 16.1. The highest BCUT2D eigenvalue weighted by Gasteiger charge is 2.32. The largest absolute Gasteiger partial charge is 0.396 e. The Balaban J connectivity index is 2.10. The van der Waals surface area contributed by atoms with Gasteiger partial charge in [0.2, 0.25) is 0 Å². The van der Waals surface area contributed by atoms with Crippen molar-refractivity contribution in [1.82, 2.24) is 0 Å². The number of nitrogens with zero attached hydrogens (tertiary/aromatic N) is 3. The molecule has 0 radical (unpaired) electrons. The average molecular weight is 478 g/mol. The Hall–Kier alpha value is -3.43. The van der Waals surface area contributed by atoms with Crippen LogP contribution in [-0.2, 0) is 9.84 Å². The molecule has 2 N–H and O–H groups in total. The molecule has 0 saturated carbocycles. The van der Waals surface area contributed by atoms with Gasteiger partial charge in [-0.05, 0) is 60.7 Å². The fourth-order valence-corrected chi connectivity index (χ4v) is 5.70. The lowest BCUT2D eigenvalue weighted by molar-refractivity contribution is 0.282. The molecule has 1 aliphatic heterocycles. The Labute approximate surface area is 200 Å². The molecular weight excluding hydrogens is 450 g/mol. The van der Waals surface area contributed by atoms with Gasteiger partial charge in [0.1, 0.15) is 17.7 Å². The van der Waals surface area contributed by atoms with Gasteiger partial charge in [0.15, 0.2) is 9.84 Å². The molecule has 34 heavy (non-hydrogen) atoms. The number of anilines is 1. The molecule has 2 aromatic rings. The van der Waals surface area contributed by atoms with Crippen LogP contribution in [0, 0.1) is 29.6 Å². The highest BCUT2D eigenvalue weighted by atomic mass is 32.2. The van der Waals surface area contributed by atoms with Crippen LogP contribution in [0.2, 0.25) is 0 Å². The smallest absolute Gasteiger partial charge is 0.183 e. The zero-order valence-electron chi connectivity index (χ0n) is 19.0. The Morgan fingerprint density at radius 3 is 2.29 bits per heavy atom. The third-order valence-electron chi connectivity index (χ3n) is 5.75. The van der Waals surface area contributed by atoms with Crippen LogP contribution < -0.4 is 4.90 Å². The van der Waals surface area contributed by atoms with Gasteiger partial charge in [0, 0.05) is 43.1 Å². The van der Waals surface area contributed by atoms with Crippen LogP contribution in [0.25, 0.3) is 11.6 Å². The predicted molar refractivity (Wildman–Crippen MR) is 131 cm³/mol. The molecule has 1 heterocycles. The lowest BCUT2D eigenvalue weighted by atomic mass is 9.92. The topological polar surface area (TPSA) is 125 Å². The molecule has 0 amide bonds. The maximum atomic E-state index is 13.0. The first-order valence-electron chi connectivity index (χ1n) is 11.0. The minimum Gasteiger partial charge on any atom is -0.396 e. The maximum Gasteiger partial charge on any atom is 0.183 e. The number of aliphatic hydroxyl groups is 2. The number of hydrogen-bond acceptors (Lipinski definition) is 7. The second-order valence-corrected chi connectivity index (χ2v) is 10.0. The molecule has 2 aromatic carbocycles. The zero-order chi connectivity index (χ0) is 24.7. The third kappa shape index (κ3) is 5.37. The summed E-state index contributed by atoms with van der Waals surface area (Å²) in [7, 11) is -3.63. The standard InChI is InChI=1S/C26H27N3O4S/c1-19-14-23(29(10-4-12-30)11-5-13-31)9-8-20(19)15-21-18-34(32,33)25-7-3-2-6-24(25)26(21)22(16-27)17-28/h2-3,6-9,14-15,30-31H,4-5,10-13,18H2,1H3/b21-15+. The highest BCUT2D eigenvalue weighted by molar-refractivity contribution is 7.91. The van der Waals surface area contributed by atoms with Crippen molar-refractivity contribution < 1.29 is 18.6 Å². The summed E-state index contributed by atoms with van der Waals surface area (Å²) in [5.74, 6) is -0.299. The number of hydrogen-bond donors (Lipinski definition) is 2. The van der Waals surface area contributed by atoms with E-state index in [1.807, 2.05) is 37.3 Å². The van der Waals surface area contributed by atoms with Crippen molar-refractivity contribution >= 4 is 27.2 Å². The monoisotopic (exact) mass is 477 g/mol. The number of aryl methyl sites for hydroxylation is 1. The number of fused-ring (bicyclic) bond motifs is 1. The van der Waals surface area contributed by atoms with Crippen molar-refractivity contribution in [3.05, 3.63) is 70.3 Å². The quantitative estimate of drug-likeness (QED) is 0.559. The third-order valence-corrected chi connectivity index (χ3v) is 7.47. The molecule has 3 rings (SSSR count). The van der Waals surface area contributed by atoms with Crippen LogP contribution in [-0.4, -0.2) is 50.7 Å². The second kappa shape index (κ2) is 11.1. The number of benzene rings is 2. The predicted octanol–water partition coefficient (Wildman–Crippen LogP) is 3.24. The van der Waals surface area contributed by atoms with E-state index in [4.69, 9.17) is 0 Å². The summed E-state index contributed by atoms with van der Waals surface area (Å²) in [4.78, 5) is 2.22. The molecule has 8 heteroatoms. The molecular formula is C26H27N3O4S. The van der Waals surface area contributed by atoms with Crippen molar-refractivity contribution in [2.75, 3.05) is 37.0 Å². The van der Waals surface area contributed by atoms with Gasteiger partial charge in [-0.25, -0.2) is 8.42 Å². The second-order valence-electron chi connectivity index (χ2n) is 8.08. The van der Waals surface area contributed by atoms with E-state index in [2.05, 4.69) is 4.90 Å². The van der Waals surface area contributed by atoms with E-state index in [1.54, 1.807) is 24.3 Å². The molecule has 7 nitrogen and oxygen atoms in total. The van der Waals surface area contributed by atoms with Gasteiger partial charge in [0.25, 0.3) is 0 Å². The van der Waals surface area contributed by atoms with Crippen molar-refractivity contribution in [3.8, 4) is 12.1 Å². The molecule has 0 bridgehead atoms. The van der Waals surface area contributed by atoms with Gasteiger partial charge in [0.05, 0.1) is 10.6 Å². The Bertz CT molecular complexity index is 1290. The normalized spacial score (nSPS) is 15.3. The molecule has 176 valence electrons. The lowest BCUT2D eigenvalue weighted by Gasteiger charge is -2.25. The van der Waals surface area contributed by atoms with E-state index in [1.165, 1.54) is 6.07 Å². The lowest BCUT2D eigenvalue weighted by Crippen LogP contribution is -2.27. The minimum atomic E-state index is -3.63. The number of nitriles is 2. The van der Waals surface area contributed by atoms with Crippen molar-refractivity contribution in [2.45, 2.75) is 24.7 Å². The Kier molecular flexibility index (Phi) is 8.25. The first kappa shape index (κ1) is 25.2. The molecule has 1 aliphatic rings. The van der Waals surface area contributed by atoms with E-state index < -0.39 is 9.84 Å². The number of sulfone groups is 1. The first-order chi connectivity index (χ1) is 16.4. The van der Waals surface area contributed by atoms with Crippen LogP contribution >= 0.6 is 0 Å². The summed E-state index contributed by atoms with van der Waals surface area (Å²) in [6.07, 6.45) is 2.95. The minimum absolute atomic E-state index is 0.0734. The zero-order valence-corrected chi connectivity index (χ0v) is 19.8. The summed E-state index contributed by atoms with van der Waals surface area (Å²) in [5, 5.41) is 37.5. The molecule has 0 aromatic heterocycles. The number of allylic oxidation sites excluding steroid dienone is 2. The average Bonchev–Trinajstić information content (AvgIpc) is 2.83. The summed E-state index contributed by atoms with van der Waals surface area (Å²) in [6.45, 7) is 3.35. The summed E-state index contributed by atoms with van der Waals surface area (Å²) in [5.41, 5.74) is 3.62. The molecule has 0 spiro atoms. The van der Waals surface area contributed by atoms with E-state index >= 15 is 0 Å². The molecule has 0 saturated heterocycles. The van der Waals surface area contributed by atoms with E-state index in [0.717, 1.165) is 16.8 Å². The van der Waals surface area contributed by atoms with Crippen LogP contribution in [0.1, 0.15) is 29.5 Å². The number of aliphatic hydroxyl groups excluding tert-OH is 2. The van der Waals surface area contributed by atoms with Gasteiger partial charge in [-0.15, -0.1) is 0 Å². The molecule has 0 aliphatic carbocycles. The Morgan fingerprint density at radius 1 is 1.06 bits per heavy atom. The van der Waals surface area contributed by atoms with Crippen LogP contribution in [0.4, 0.5) is 5.69 Å². The van der Waals surface area contributed by atoms with Crippen molar-refractivity contribution in [1.29, 1.82) is 10.5 Å². The molecule has 0 unspecified atom stereocenters.